The van der Waals surface area contributed by atoms with Crippen LogP contribution in [0.2, 0.25) is 0 Å². The molecule has 5 heteroatoms. The smallest absolute Gasteiger partial charge is 0.202 e. The van der Waals surface area contributed by atoms with E-state index >= 15 is 0 Å². The first kappa shape index (κ1) is 13.0. The van der Waals surface area contributed by atoms with Gasteiger partial charge >= 0.3 is 0 Å². The van der Waals surface area contributed by atoms with Crippen molar-refractivity contribution in [3.8, 4) is 5.75 Å². The Hall–Kier alpha value is -1.43. The molecule has 3 unspecified atom stereocenters. The van der Waals surface area contributed by atoms with Crippen molar-refractivity contribution < 1.29 is 24.5 Å². The molecule has 1 heterocycles. The Morgan fingerprint density at radius 1 is 1.39 bits per heavy atom. The lowest BCUT2D eigenvalue weighted by atomic mass is 10.1. The molecule has 5 nitrogen and oxygen atoms in total. The predicted octanol–water partition coefficient (Wildman–Crippen LogP) is 0.736. The molecular formula is C13H16O5. The Morgan fingerprint density at radius 3 is 2.89 bits per heavy atom. The van der Waals surface area contributed by atoms with Crippen LogP contribution in [0, 0.1) is 0 Å². The fourth-order valence-corrected chi connectivity index (χ4v) is 1.97. The first-order valence-corrected chi connectivity index (χ1v) is 5.88. The molecule has 1 fully saturated rings. The van der Waals surface area contributed by atoms with E-state index < -0.39 is 18.5 Å². The summed E-state index contributed by atoms with van der Waals surface area (Å²) in [6.07, 6.45) is -0.216. The van der Waals surface area contributed by atoms with Crippen molar-refractivity contribution in [2.45, 2.75) is 31.3 Å². The molecule has 1 saturated heterocycles. The minimum Gasteiger partial charge on any atom is -0.464 e. The third-order valence-corrected chi connectivity index (χ3v) is 2.85. The lowest BCUT2D eigenvalue weighted by molar-refractivity contribution is -0.184. The minimum atomic E-state index is -0.646. The zero-order chi connectivity index (χ0) is 13.0. The van der Waals surface area contributed by atoms with Crippen LogP contribution in [0.3, 0.4) is 0 Å². The molecule has 1 aromatic rings. The molecule has 0 amide bonds. The largest absolute Gasteiger partial charge is 0.464 e. The number of para-hydroxylation sites is 1. The van der Waals surface area contributed by atoms with E-state index in [1.54, 1.807) is 24.3 Å². The molecule has 0 aliphatic carbocycles. The van der Waals surface area contributed by atoms with Gasteiger partial charge in [0.1, 0.15) is 5.75 Å². The highest BCUT2D eigenvalue weighted by Crippen LogP contribution is 2.24. The fourth-order valence-electron chi connectivity index (χ4n) is 1.97. The van der Waals surface area contributed by atoms with Crippen LogP contribution in [0.25, 0.3) is 0 Å². The second-order valence-electron chi connectivity index (χ2n) is 4.27. The quantitative estimate of drug-likeness (QED) is 0.773. The molecule has 18 heavy (non-hydrogen) atoms. The van der Waals surface area contributed by atoms with Crippen molar-refractivity contribution in [3.63, 3.8) is 0 Å². The van der Waals surface area contributed by atoms with E-state index in [0.717, 1.165) is 0 Å². The lowest BCUT2D eigenvalue weighted by Crippen LogP contribution is -2.40. The van der Waals surface area contributed by atoms with Gasteiger partial charge in [0.25, 0.3) is 0 Å². The van der Waals surface area contributed by atoms with Gasteiger partial charge in [0.2, 0.25) is 6.29 Å². The molecule has 3 atom stereocenters. The van der Waals surface area contributed by atoms with Gasteiger partial charge in [-0.05, 0) is 12.1 Å². The summed E-state index contributed by atoms with van der Waals surface area (Å²) in [7, 11) is 0. The summed E-state index contributed by atoms with van der Waals surface area (Å²) < 4.78 is 11.0. The van der Waals surface area contributed by atoms with E-state index in [0.29, 0.717) is 30.4 Å². The van der Waals surface area contributed by atoms with E-state index in [4.69, 9.17) is 14.6 Å². The van der Waals surface area contributed by atoms with E-state index in [-0.39, 0.29) is 6.61 Å². The predicted molar refractivity (Wildman–Crippen MR) is 63.4 cm³/mol. The molecule has 98 valence electrons. The SMILES string of the molecule is O=Cc1ccccc1OC1CC(O)CC(CO)O1. The number of hydrogen-bond acceptors (Lipinski definition) is 5. The number of hydrogen-bond donors (Lipinski definition) is 2. The first-order chi connectivity index (χ1) is 8.72. The maximum Gasteiger partial charge on any atom is 0.202 e. The zero-order valence-corrected chi connectivity index (χ0v) is 9.86. The maximum atomic E-state index is 10.8. The van der Waals surface area contributed by atoms with Crippen LogP contribution in [-0.4, -0.2) is 41.6 Å². The van der Waals surface area contributed by atoms with Crippen molar-refractivity contribution in [2.75, 3.05) is 6.61 Å². The zero-order valence-electron chi connectivity index (χ0n) is 9.86. The molecule has 2 N–H and O–H groups in total. The van der Waals surface area contributed by atoms with E-state index in [2.05, 4.69) is 0 Å². The number of aliphatic hydroxyl groups excluding tert-OH is 2. The van der Waals surface area contributed by atoms with Crippen LogP contribution in [0.5, 0.6) is 5.75 Å². The lowest BCUT2D eigenvalue weighted by Gasteiger charge is -2.32. The van der Waals surface area contributed by atoms with E-state index in [9.17, 15) is 9.90 Å². The summed E-state index contributed by atoms with van der Waals surface area (Å²) in [4.78, 5) is 10.8. The summed E-state index contributed by atoms with van der Waals surface area (Å²) in [5, 5.41) is 18.7. The highest BCUT2D eigenvalue weighted by atomic mass is 16.7. The normalized spacial score (nSPS) is 27.8. The van der Waals surface area contributed by atoms with Gasteiger partial charge in [0, 0.05) is 12.8 Å². The summed E-state index contributed by atoms with van der Waals surface area (Å²) in [5.74, 6) is 0.420. The summed E-state index contributed by atoms with van der Waals surface area (Å²) in [5.41, 5.74) is 0.432. The highest BCUT2D eigenvalue weighted by molar-refractivity contribution is 5.79. The van der Waals surface area contributed by atoms with Gasteiger partial charge in [-0.25, -0.2) is 0 Å². The van der Waals surface area contributed by atoms with Crippen LogP contribution in [0.4, 0.5) is 0 Å². The topological polar surface area (TPSA) is 76.0 Å². The van der Waals surface area contributed by atoms with Gasteiger partial charge in [-0.15, -0.1) is 0 Å². The molecule has 0 spiro atoms. The first-order valence-electron chi connectivity index (χ1n) is 5.88. The van der Waals surface area contributed by atoms with Crippen LogP contribution in [0.15, 0.2) is 24.3 Å². The van der Waals surface area contributed by atoms with Crippen LogP contribution in [0.1, 0.15) is 23.2 Å². The third-order valence-electron chi connectivity index (χ3n) is 2.85. The van der Waals surface area contributed by atoms with Crippen LogP contribution in [-0.2, 0) is 4.74 Å². The molecule has 0 aromatic heterocycles. The number of ether oxygens (including phenoxy) is 2. The molecule has 2 rings (SSSR count). The summed E-state index contributed by atoms with van der Waals surface area (Å²) in [6, 6.07) is 6.81. The summed E-state index contributed by atoms with van der Waals surface area (Å²) in [6.45, 7) is -0.160. The molecule has 1 aliphatic rings. The van der Waals surface area contributed by atoms with Crippen molar-refractivity contribution >= 4 is 6.29 Å². The molecule has 0 bridgehead atoms. The molecule has 0 radical (unpaired) electrons. The average Bonchev–Trinajstić information content (AvgIpc) is 2.38. The van der Waals surface area contributed by atoms with Crippen molar-refractivity contribution in [1.82, 2.24) is 0 Å². The van der Waals surface area contributed by atoms with Crippen molar-refractivity contribution in [2.24, 2.45) is 0 Å². The van der Waals surface area contributed by atoms with Gasteiger partial charge in [0.05, 0.1) is 24.4 Å². The van der Waals surface area contributed by atoms with Crippen molar-refractivity contribution in [1.29, 1.82) is 0 Å². The van der Waals surface area contributed by atoms with Gasteiger partial charge < -0.3 is 19.7 Å². The number of carbonyl (C=O) groups is 1. The monoisotopic (exact) mass is 252 g/mol. The van der Waals surface area contributed by atoms with Gasteiger partial charge in [-0.1, -0.05) is 12.1 Å². The Kier molecular flexibility index (Phi) is 4.30. The highest BCUT2D eigenvalue weighted by Gasteiger charge is 2.29. The Bertz CT molecular complexity index is 406. The maximum absolute atomic E-state index is 10.8. The Balaban J connectivity index is 2.06. The van der Waals surface area contributed by atoms with Crippen molar-refractivity contribution in [3.05, 3.63) is 29.8 Å². The molecule has 1 aliphatic heterocycles. The Labute approximate surface area is 105 Å². The van der Waals surface area contributed by atoms with E-state index in [1.165, 1.54) is 0 Å². The van der Waals surface area contributed by atoms with Gasteiger partial charge in [0.15, 0.2) is 6.29 Å². The standard InChI is InChI=1S/C13H16O5/c14-7-9-3-1-2-4-12(9)18-13-6-10(16)5-11(8-15)17-13/h1-4,7,10-11,13,15-16H,5-6,8H2. The second-order valence-corrected chi connectivity index (χ2v) is 4.27. The third kappa shape index (κ3) is 3.07. The fraction of sp³-hybridized carbons (Fsp3) is 0.462. The number of rotatable bonds is 4. The Morgan fingerprint density at radius 2 is 2.17 bits per heavy atom. The average molecular weight is 252 g/mol. The number of aldehydes is 1. The summed E-state index contributed by atoms with van der Waals surface area (Å²) >= 11 is 0. The van der Waals surface area contributed by atoms with Crippen LogP contribution >= 0.6 is 0 Å². The molecule has 1 aromatic carbocycles. The minimum absolute atomic E-state index is 0.160. The van der Waals surface area contributed by atoms with Gasteiger partial charge in [-0.3, -0.25) is 4.79 Å². The van der Waals surface area contributed by atoms with Crippen LogP contribution < -0.4 is 4.74 Å². The van der Waals surface area contributed by atoms with E-state index in [1.807, 2.05) is 0 Å². The number of carbonyl (C=O) groups excluding carboxylic acids is 1. The number of aliphatic hydroxyl groups is 2. The molecule has 0 saturated carbocycles. The second kappa shape index (κ2) is 5.95. The van der Waals surface area contributed by atoms with Gasteiger partial charge in [-0.2, -0.15) is 0 Å². The number of benzene rings is 1. The molecular weight excluding hydrogens is 236 g/mol.